The van der Waals surface area contributed by atoms with E-state index in [-0.39, 0.29) is 0 Å². The summed E-state index contributed by atoms with van der Waals surface area (Å²) in [4.78, 5) is 0. The van der Waals surface area contributed by atoms with Crippen molar-refractivity contribution in [2.24, 2.45) is 16.7 Å². The van der Waals surface area contributed by atoms with Crippen LogP contribution in [0.15, 0.2) is 0 Å². The molecule has 2 aliphatic rings. The van der Waals surface area contributed by atoms with Gasteiger partial charge in [-0.25, -0.2) is 0 Å². The topological polar surface area (TPSA) is 9.23 Å². The third kappa shape index (κ3) is 1.10. The van der Waals surface area contributed by atoms with Gasteiger partial charge in [-0.05, 0) is 30.6 Å². The number of ether oxygens (including phenoxy) is 1. The molecule has 0 radical (unpaired) electrons. The van der Waals surface area contributed by atoms with E-state index in [1.165, 1.54) is 19.3 Å². The van der Waals surface area contributed by atoms with Gasteiger partial charge in [0.15, 0.2) is 0 Å². The Bertz CT molecular complexity index is 181. The first-order valence-corrected chi connectivity index (χ1v) is 5.14. The van der Waals surface area contributed by atoms with Crippen molar-refractivity contribution >= 4 is 0 Å². The Morgan fingerprint density at radius 2 is 1.83 bits per heavy atom. The molecule has 1 saturated carbocycles. The van der Waals surface area contributed by atoms with Crippen molar-refractivity contribution in [3.63, 3.8) is 0 Å². The van der Waals surface area contributed by atoms with E-state index in [1.807, 2.05) is 0 Å². The molecule has 0 N–H and O–H groups in total. The van der Waals surface area contributed by atoms with Gasteiger partial charge in [0.05, 0.1) is 13.2 Å². The van der Waals surface area contributed by atoms with Crippen molar-refractivity contribution in [2.45, 2.75) is 40.0 Å². The molecule has 1 saturated heterocycles. The lowest BCUT2D eigenvalue weighted by molar-refractivity contribution is -0.115. The van der Waals surface area contributed by atoms with E-state index in [4.69, 9.17) is 4.74 Å². The molecule has 1 nitrogen and oxygen atoms in total. The molecule has 70 valence electrons. The molecule has 0 aromatic carbocycles. The smallest absolute Gasteiger partial charge is 0.0545 e. The third-order valence-electron chi connectivity index (χ3n) is 4.22. The van der Waals surface area contributed by atoms with Gasteiger partial charge in [0, 0.05) is 5.41 Å². The van der Waals surface area contributed by atoms with Gasteiger partial charge in [0.1, 0.15) is 0 Å². The second kappa shape index (κ2) is 2.47. The second-order valence-corrected chi connectivity index (χ2v) is 5.48. The lowest BCUT2D eigenvalue weighted by atomic mass is 9.73. The number of rotatable bonds is 1. The predicted octanol–water partition coefficient (Wildman–Crippen LogP) is 2.85. The number of hydrogen-bond donors (Lipinski definition) is 0. The molecular weight excluding hydrogens is 148 g/mol. The maximum absolute atomic E-state index is 5.33. The summed E-state index contributed by atoms with van der Waals surface area (Å²) in [5.74, 6) is 0.831. The monoisotopic (exact) mass is 168 g/mol. The van der Waals surface area contributed by atoms with Crippen molar-refractivity contribution in [1.29, 1.82) is 0 Å². The molecule has 0 bridgehead atoms. The fourth-order valence-electron chi connectivity index (χ4n) is 2.71. The molecule has 1 heterocycles. The molecule has 1 spiro atoms. The van der Waals surface area contributed by atoms with Gasteiger partial charge in [-0.1, -0.05) is 20.8 Å². The fourth-order valence-corrected chi connectivity index (χ4v) is 2.71. The van der Waals surface area contributed by atoms with Gasteiger partial charge in [-0.2, -0.15) is 0 Å². The van der Waals surface area contributed by atoms with Gasteiger partial charge >= 0.3 is 0 Å². The minimum Gasteiger partial charge on any atom is -0.380 e. The zero-order valence-corrected chi connectivity index (χ0v) is 8.52. The summed E-state index contributed by atoms with van der Waals surface area (Å²) in [6, 6.07) is 0. The lowest BCUT2D eigenvalue weighted by Gasteiger charge is -2.40. The molecule has 12 heavy (non-hydrogen) atoms. The van der Waals surface area contributed by atoms with E-state index < -0.39 is 0 Å². The fraction of sp³-hybridized carbons (Fsp3) is 1.00. The summed E-state index contributed by atoms with van der Waals surface area (Å²) in [7, 11) is 0. The van der Waals surface area contributed by atoms with Crippen LogP contribution in [0.1, 0.15) is 40.0 Å². The Balaban J connectivity index is 2.05. The first-order chi connectivity index (χ1) is 5.56. The normalized spacial score (nSPS) is 39.0. The highest BCUT2D eigenvalue weighted by Gasteiger charge is 2.50. The highest BCUT2D eigenvalue weighted by molar-refractivity contribution is 4.99. The van der Waals surface area contributed by atoms with Gasteiger partial charge in [-0.3, -0.25) is 0 Å². The Labute approximate surface area is 75.5 Å². The zero-order chi connectivity index (χ0) is 8.82. The SMILES string of the molecule is CC(C)C1(C)CCC2(COC2)C1. The predicted molar refractivity (Wildman–Crippen MR) is 50.0 cm³/mol. The van der Waals surface area contributed by atoms with Gasteiger partial charge < -0.3 is 4.74 Å². The third-order valence-corrected chi connectivity index (χ3v) is 4.22. The quantitative estimate of drug-likeness (QED) is 0.585. The highest BCUT2D eigenvalue weighted by Crippen LogP contribution is 2.55. The molecule has 0 aromatic heterocycles. The van der Waals surface area contributed by atoms with Crippen molar-refractivity contribution in [3.05, 3.63) is 0 Å². The van der Waals surface area contributed by atoms with Crippen LogP contribution in [0.5, 0.6) is 0 Å². The molecule has 1 atom stereocenters. The van der Waals surface area contributed by atoms with Crippen LogP contribution in [0, 0.1) is 16.7 Å². The van der Waals surface area contributed by atoms with Crippen LogP contribution in [-0.4, -0.2) is 13.2 Å². The van der Waals surface area contributed by atoms with Gasteiger partial charge in [0.2, 0.25) is 0 Å². The Morgan fingerprint density at radius 1 is 1.17 bits per heavy atom. The zero-order valence-electron chi connectivity index (χ0n) is 8.52. The van der Waals surface area contributed by atoms with E-state index in [1.54, 1.807) is 0 Å². The molecule has 2 fully saturated rings. The second-order valence-electron chi connectivity index (χ2n) is 5.48. The summed E-state index contributed by atoms with van der Waals surface area (Å²) in [6.07, 6.45) is 4.22. The summed E-state index contributed by atoms with van der Waals surface area (Å²) in [5, 5.41) is 0. The van der Waals surface area contributed by atoms with Crippen LogP contribution >= 0.6 is 0 Å². The minimum atomic E-state index is 0.601. The molecule has 1 unspecified atom stereocenters. The number of hydrogen-bond acceptors (Lipinski definition) is 1. The summed E-state index contributed by atoms with van der Waals surface area (Å²) < 4.78 is 5.33. The highest BCUT2D eigenvalue weighted by atomic mass is 16.5. The van der Waals surface area contributed by atoms with Crippen LogP contribution in [0.3, 0.4) is 0 Å². The van der Waals surface area contributed by atoms with Crippen LogP contribution in [-0.2, 0) is 4.74 Å². The molecule has 2 rings (SSSR count). The maximum Gasteiger partial charge on any atom is 0.0545 e. The van der Waals surface area contributed by atoms with Gasteiger partial charge in [0.25, 0.3) is 0 Å². The van der Waals surface area contributed by atoms with Crippen LogP contribution in [0.4, 0.5) is 0 Å². The molecule has 0 aromatic rings. The van der Waals surface area contributed by atoms with E-state index in [0.29, 0.717) is 10.8 Å². The van der Waals surface area contributed by atoms with E-state index >= 15 is 0 Å². The molecule has 1 heteroatoms. The average molecular weight is 168 g/mol. The van der Waals surface area contributed by atoms with Crippen molar-refractivity contribution in [1.82, 2.24) is 0 Å². The molecule has 0 amide bonds. The lowest BCUT2D eigenvalue weighted by Crippen LogP contribution is -2.41. The average Bonchev–Trinajstić information content (AvgIpc) is 2.28. The Kier molecular flexibility index (Phi) is 1.76. The van der Waals surface area contributed by atoms with Crippen molar-refractivity contribution in [3.8, 4) is 0 Å². The minimum absolute atomic E-state index is 0.601. The van der Waals surface area contributed by atoms with Crippen molar-refractivity contribution < 1.29 is 4.74 Å². The summed E-state index contributed by atoms with van der Waals surface area (Å²) in [6.45, 7) is 9.24. The Morgan fingerprint density at radius 3 is 2.08 bits per heavy atom. The molecule has 1 aliphatic heterocycles. The van der Waals surface area contributed by atoms with E-state index in [0.717, 1.165) is 19.1 Å². The summed E-state index contributed by atoms with van der Waals surface area (Å²) >= 11 is 0. The van der Waals surface area contributed by atoms with Crippen LogP contribution in [0.2, 0.25) is 0 Å². The molecular formula is C11H20O. The first-order valence-electron chi connectivity index (χ1n) is 5.14. The summed E-state index contributed by atoms with van der Waals surface area (Å²) in [5.41, 5.74) is 1.21. The van der Waals surface area contributed by atoms with Crippen molar-refractivity contribution in [2.75, 3.05) is 13.2 Å². The first kappa shape index (κ1) is 8.55. The molecule has 1 aliphatic carbocycles. The van der Waals surface area contributed by atoms with Crippen LogP contribution in [0.25, 0.3) is 0 Å². The van der Waals surface area contributed by atoms with Crippen LogP contribution < -0.4 is 0 Å². The van der Waals surface area contributed by atoms with Gasteiger partial charge in [-0.15, -0.1) is 0 Å². The van der Waals surface area contributed by atoms with E-state index in [9.17, 15) is 0 Å². The largest absolute Gasteiger partial charge is 0.380 e. The maximum atomic E-state index is 5.33. The Hall–Kier alpha value is -0.0400. The standard InChI is InChI=1S/C11H20O/c1-9(2)10(3)4-5-11(6-10)7-12-8-11/h9H,4-8H2,1-3H3. The van der Waals surface area contributed by atoms with E-state index in [2.05, 4.69) is 20.8 Å².